The van der Waals surface area contributed by atoms with Gasteiger partial charge in [-0.3, -0.25) is 4.79 Å². The van der Waals surface area contributed by atoms with Crippen LogP contribution in [0.5, 0.6) is 0 Å². The van der Waals surface area contributed by atoms with Crippen LogP contribution < -0.4 is 0 Å². The van der Waals surface area contributed by atoms with Gasteiger partial charge in [0.2, 0.25) is 5.91 Å². The molecule has 0 radical (unpaired) electrons. The van der Waals surface area contributed by atoms with Crippen LogP contribution in [0, 0.1) is 0 Å². The first-order chi connectivity index (χ1) is 10.1. The molecule has 2 aliphatic rings. The Bertz CT molecular complexity index is 326. The fraction of sp³-hybridized carbons (Fsp3) is 0.933. The minimum absolute atomic E-state index is 0.219. The predicted octanol–water partition coefficient (Wildman–Crippen LogP) is 0.0987. The molecule has 0 bridgehead atoms. The van der Waals surface area contributed by atoms with Crippen molar-refractivity contribution < 1.29 is 19.4 Å². The van der Waals surface area contributed by atoms with Crippen molar-refractivity contribution in [3.05, 3.63) is 0 Å². The van der Waals surface area contributed by atoms with E-state index in [1.165, 1.54) is 0 Å². The summed E-state index contributed by atoms with van der Waals surface area (Å²) in [5.41, 5.74) is -0.624. The van der Waals surface area contributed by atoms with Gasteiger partial charge < -0.3 is 24.4 Å². The van der Waals surface area contributed by atoms with E-state index in [4.69, 9.17) is 9.47 Å². The summed E-state index contributed by atoms with van der Waals surface area (Å²) in [6.07, 6.45) is 2.80. The lowest BCUT2D eigenvalue weighted by Crippen LogP contribution is -2.46. The predicted molar refractivity (Wildman–Crippen MR) is 79.1 cm³/mol. The number of carbonyl (C=O) groups is 1. The van der Waals surface area contributed by atoms with Crippen LogP contribution in [0.15, 0.2) is 0 Å². The Balaban J connectivity index is 1.62. The van der Waals surface area contributed by atoms with Crippen LogP contribution in [0.3, 0.4) is 0 Å². The number of hydrogen-bond donors (Lipinski definition) is 1. The van der Waals surface area contributed by atoms with Gasteiger partial charge in [0.15, 0.2) is 0 Å². The molecule has 122 valence electrons. The number of carbonyl (C=O) groups excluding carboxylic acids is 1. The molecular weight excluding hydrogens is 272 g/mol. The third kappa shape index (κ3) is 5.54. The molecule has 6 heteroatoms. The van der Waals surface area contributed by atoms with Crippen LogP contribution in [0.25, 0.3) is 0 Å². The Hall–Kier alpha value is -0.690. The molecule has 0 unspecified atom stereocenters. The monoisotopic (exact) mass is 300 g/mol. The quantitative estimate of drug-likeness (QED) is 0.754. The van der Waals surface area contributed by atoms with Crippen molar-refractivity contribution in [2.45, 2.75) is 31.3 Å². The summed E-state index contributed by atoms with van der Waals surface area (Å²) in [4.78, 5) is 16.0. The van der Waals surface area contributed by atoms with Crippen LogP contribution >= 0.6 is 0 Å². The van der Waals surface area contributed by atoms with E-state index in [9.17, 15) is 9.90 Å². The van der Waals surface area contributed by atoms with Gasteiger partial charge in [0, 0.05) is 52.1 Å². The molecule has 2 rings (SSSR count). The maximum absolute atomic E-state index is 12.0. The van der Waals surface area contributed by atoms with E-state index in [0.29, 0.717) is 65.3 Å². The first kappa shape index (κ1) is 16.7. The third-order valence-corrected chi connectivity index (χ3v) is 4.28. The second-order valence-electron chi connectivity index (χ2n) is 6.17. The number of aliphatic hydroxyl groups is 1. The van der Waals surface area contributed by atoms with Crippen LogP contribution in [0.1, 0.15) is 25.7 Å². The fourth-order valence-corrected chi connectivity index (χ4v) is 2.96. The van der Waals surface area contributed by atoms with Gasteiger partial charge in [-0.2, -0.15) is 0 Å². The molecular formula is C15H28N2O4. The largest absolute Gasteiger partial charge is 0.388 e. The number of ether oxygens (including phenoxy) is 2. The van der Waals surface area contributed by atoms with Gasteiger partial charge in [0.25, 0.3) is 0 Å². The summed E-state index contributed by atoms with van der Waals surface area (Å²) in [5.74, 6) is 0.219. The smallest absolute Gasteiger partial charge is 0.222 e. The second-order valence-corrected chi connectivity index (χ2v) is 6.17. The fourth-order valence-electron chi connectivity index (χ4n) is 2.96. The molecule has 0 aromatic heterocycles. The summed E-state index contributed by atoms with van der Waals surface area (Å²) in [7, 11) is 2.01. The Labute approximate surface area is 127 Å². The Kier molecular flexibility index (Phi) is 6.41. The zero-order valence-corrected chi connectivity index (χ0v) is 13.1. The minimum atomic E-state index is -0.624. The van der Waals surface area contributed by atoms with E-state index in [-0.39, 0.29) is 5.91 Å². The van der Waals surface area contributed by atoms with Crippen molar-refractivity contribution in [2.75, 3.05) is 59.7 Å². The third-order valence-electron chi connectivity index (χ3n) is 4.28. The molecule has 21 heavy (non-hydrogen) atoms. The molecule has 2 aliphatic heterocycles. The van der Waals surface area contributed by atoms with Gasteiger partial charge in [-0.15, -0.1) is 0 Å². The summed E-state index contributed by atoms with van der Waals surface area (Å²) in [5, 5.41) is 10.4. The molecule has 1 N–H and O–H groups in total. The number of hydrogen-bond acceptors (Lipinski definition) is 5. The van der Waals surface area contributed by atoms with Gasteiger partial charge in [-0.1, -0.05) is 0 Å². The van der Waals surface area contributed by atoms with Crippen molar-refractivity contribution >= 4 is 5.91 Å². The Morgan fingerprint density at radius 2 is 1.81 bits per heavy atom. The van der Waals surface area contributed by atoms with Gasteiger partial charge in [0.05, 0.1) is 18.8 Å². The first-order valence-electron chi connectivity index (χ1n) is 7.93. The highest BCUT2D eigenvalue weighted by Crippen LogP contribution is 2.21. The van der Waals surface area contributed by atoms with Crippen molar-refractivity contribution in [1.82, 2.24) is 9.80 Å². The lowest BCUT2D eigenvalue weighted by Gasteiger charge is -2.35. The molecule has 0 spiro atoms. The van der Waals surface area contributed by atoms with E-state index in [1.807, 2.05) is 11.9 Å². The highest BCUT2D eigenvalue weighted by molar-refractivity contribution is 5.76. The van der Waals surface area contributed by atoms with Crippen LogP contribution in [0.2, 0.25) is 0 Å². The normalized spacial score (nSPS) is 22.5. The number of likely N-dealkylation sites (N-methyl/N-ethyl adjacent to an activating group) is 1. The lowest BCUT2D eigenvalue weighted by atomic mass is 9.94. The number of amides is 1. The van der Waals surface area contributed by atoms with Gasteiger partial charge in [-0.05, 0) is 20.0 Å². The average molecular weight is 300 g/mol. The Morgan fingerprint density at radius 1 is 1.19 bits per heavy atom. The molecule has 0 aromatic rings. The molecule has 0 atom stereocenters. The number of morpholine rings is 1. The first-order valence-corrected chi connectivity index (χ1v) is 7.93. The van der Waals surface area contributed by atoms with Crippen molar-refractivity contribution in [1.29, 1.82) is 0 Å². The van der Waals surface area contributed by atoms with E-state index < -0.39 is 5.60 Å². The lowest BCUT2D eigenvalue weighted by molar-refractivity contribution is -0.135. The highest BCUT2D eigenvalue weighted by atomic mass is 16.5. The van der Waals surface area contributed by atoms with E-state index in [1.54, 1.807) is 0 Å². The van der Waals surface area contributed by atoms with E-state index >= 15 is 0 Å². The van der Waals surface area contributed by atoms with Crippen molar-refractivity contribution in [3.63, 3.8) is 0 Å². The SMILES string of the molecule is CN(CCCC(=O)N1CCOCC1)CC1(O)CCOCC1. The van der Waals surface area contributed by atoms with Crippen molar-refractivity contribution in [3.8, 4) is 0 Å². The molecule has 2 fully saturated rings. The van der Waals surface area contributed by atoms with Crippen LogP contribution in [0.4, 0.5) is 0 Å². The maximum Gasteiger partial charge on any atom is 0.222 e. The summed E-state index contributed by atoms with van der Waals surface area (Å²) in [6.45, 7) is 5.51. The molecule has 1 amide bonds. The summed E-state index contributed by atoms with van der Waals surface area (Å²) < 4.78 is 10.5. The van der Waals surface area contributed by atoms with E-state index in [2.05, 4.69) is 4.90 Å². The highest BCUT2D eigenvalue weighted by Gasteiger charge is 2.30. The van der Waals surface area contributed by atoms with Gasteiger partial charge in [0.1, 0.15) is 0 Å². The zero-order chi connectivity index (χ0) is 15.1. The van der Waals surface area contributed by atoms with Crippen LogP contribution in [-0.4, -0.2) is 86.1 Å². The standard InChI is InChI=1S/C15H28N2O4/c1-16(13-15(19)4-9-20-10-5-15)6-2-3-14(18)17-7-11-21-12-8-17/h19H,2-13H2,1H3. The Morgan fingerprint density at radius 3 is 2.48 bits per heavy atom. The molecule has 0 aliphatic carbocycles. The maximum atomic E-state index is 12.0. The molecule has 0 saturated carbocycles. The van der Waals surface area contributed by atoms with E-state index in [0.717, 1.165) is 13.0 Å². The summed E-state index contributed by atoms with van der Waals surface area (Å²) >= 11 is 0. The topological polar surface area (TPSA) is 62.2 Å². The van der Waals surface area contributed by atoms with Crippen molar-refractivity contribution in [2.24, 2.45) is 0 Å². The number of nitrogens with zero attached hydrogens (tertiary/aromatic N) is 2. The van der Waals surface area contributed by atoms with Gasteiger partial charge >= 0.3 is 0 Å². The van der Waals surface area contributed by atoms with Crippen LogP contribution in [-0.2, 0) is 14.3 Å². The number of rotatable bonds is 6. The molecule has 0 aromatic carbocycles. The molecule has 2 heterocycles. The minimum Gasteiger partial charge on any atom is -0.388 e. The van der Waals surface area contributed by atoms with Gasteiger partial charge in [-0.25, -0.2) is 0 Å². The molecule has 2 saturated heterocycles. The average Bonchev–Trinajstić information content (AvgIpc) is 2.48. The second kappa shape index (κ2) is 8.08. The molecule has 6 nitrogen and oxygen atoms in total. The summed E-state index contributed by atoms with van der Waals surface area (Å²) in [6, 6.07) is 0. The zero-order valence-electron chi connectivity index (χ0n) is 13.1.